The zero-order valence-corrected chi connectivity index (χ0v) is 8.84. The van der Waals surface area contributed by atoms with Crippen molar-refractivity contribution in [1.82, 2.24) is 0 Å². The third kappa shape index (κ3) is 116. The molecule has 0 aliphatic carbocycles. The zero-order valence-electron chi connectivity index (χ0n) is 5.81. The molecule has 0 spiro atoms. The topological polar surface area (TPSA) is 118 Å². The molecule has 62 valence electrons. The second-order valence-corrected chi connectivity index (χ2v) is 1.97. The van der Waals surface area contributed by atoms with E-state index in [-0.39, 0.29) is 44.2 Å². The first-order chi connectivity index (χ1) is 4.27. The minimum absolute atomic E-state index is 0. The number of hydrogen-bond acceptors (Lipinski definition) is 5. The second-order valence-electron chi connectivity index (χ2n) is 1.16. The first kappa shape index (κ1) is 17.6. The number of aliphatic carboxylic acids is 1. The predicted molar refractivity (Wildman–Crippen MR) is 34.2 cm³/mol. The van der Waals surface area contributed by atoms with Gasteiger partial charge in [0, 0.05) is 16.8 Å². The quantitative estimate of drug-likeness (QED) is 0.328. The number of rotatable bonds is 1. The Morgan fingerprint density at radius 3 is 1.55 bits per heavy atom. The summed E-state index contributed by atoms with van der Waals surface area (Å²) in [6.45, 7) is 1.60. The predicted octanol–water partition coefficient (Wildman–Crippen LogP) is -1.24. The van der Waals surface area contributed by atoms with Gasteiger partial charge in [0.2, 0.25) is 0 Å². The van der Waals surface area contributed by atoms with Crippen LogP contribution in [0.3, 0.4) is 0 Å². The van der Waals surface area contributed by atoms with Gasteiger partial charge in [-0.25, -0.2) is 0 Å². The fraction of sp³-hybridized carbons (Fsp3) is 0.667. The average molecular weight is 210 g/mol. The minimum atomic E-state index is -5.17. The molecule has 0 aliphatic heterocycles. The molecule has 0 bridgehead atoms. The maximum atomic E-state index is 9.37. The Morgan fingerprint density at radius 2 is 1.55 bits per heavy atom. The van der Waals surface area contributed by atoms with Crippen LogP contribution in [0.15, 0.2) is 0 Å². The normalized spacial score (nSPS) is 8.64. The van der Waals surface area contributed by atoms with Crippen LogP contribution in [0, 0.1) is 0 Å². The molecule has 6 nitrogen and oxygen atoms in total. The summed E-state index contributed by atoms with van der Waals surface area (Å²) in [6.07, 6.45) is 0.222. The van der Waals surface area contributed by atoms with Gasteiger partial charge in [-0.15, -0.1) is 0 Å². The largest absolute Gasteiger partial charge is 2.00 e. The molecule has 0 unspecified atom stereocenters. The average Bonchev–Trinajstić information content (AvgIpc) is 1.61. The Balaban J connectivity index is -0.000000107. The molecular weight excluding hydrogens is 204 g/mol. The molecule has 1 N–H and O–H groups in total. The fourth-order valence-corrected chi connectivity index (χ4v) is 0. The van der Waals surface area contributed by atoms with Crippen LogP contribution < -0.4 is 0 Å². The maximum Gasteiger partial charge on any atom is 2.00 e. The number of carbonyl (C=O) groups is 1. The Hall–Kier alpha value is 0.600. The van der Waals surface area contributed by atoms with Crippen LogP contribution >= 0.6 is 0 Å². The molecule has 0 aromatic heterocycles. The third-order valence-electron chi connectivity index (χ3n) is 0.302. The van der Waals surface area contributed by atoms with Crippen LogP contribution in [0.4, 0.5) is 0 Å². The van der Waals surface area contributed by atoms with Gasteiger partial charge in [-0.05, 0) is 0 Å². The van der Waals surface area contributed by atoms with E-state index < -0.39 is 16.4 Å². The van der Waals surface area contributed by atoms with Crippen molar-refractivity contribution < 1.29 is 27.4 Å². The van der Waals surface area contributed by atoms with Crippen molar-refractivity contribution in [3.63, 3.8) is 0 Å². The van der Waals surface area contributed by atoms with Crippen LogP contribution in [0.25, 0.3) is 0 Å². The Kier molecular flexibility index (Phi) is 13.9. The molecule has 0 heterocycles. The number of hydrogen-bond donors (Lipinski definition) is 1. The Bertz CT molecular complexity index is 176. The molecule has 0 aromatic rings. The van der Waals surface area contributed by atoms with Gasteiger partial charge in [-0.1, -0.05) is 6.92 Å². The Labute approximate surface area is 94.2 Å². The summed E-state index contributed by atoms with van der Waals surface area (Å²) in [5, 5.41) is 7.72. The molecule has 0 rings (SSSR count). The van der Waals surface area contributed by atoms with E-state index in [1.165, 1.54) is 0 Å². The van der Waals surface area contributed by atoms with Crippen LogP contribution in [-0.4, -0.2) is 66.3 Å². The van der Waals surface area contributed by atoms with E-state index in [2.05, 4.69) is 0 Å². The van der Waals surface area contributed by atoms with Gasteiger partial charge in [0.1, 0.15) is 0 Å². The first-order valence-corrected chi connectivity index (χ1v) is 3.49. The van der Waals surface area contributed by atoms with E-state index in [1.807, 2.05) is 0 Å². The van der Waals surface area contributed by atoms with E-state index in [9.17, 15) is 4.79 Å². The maximum absolute atomic E-state index is 9.37. The first-order valence-electron chi connectivity index (χ1n) is 2.16. The molecule has 11 heavy (non-hydrogen) atoms. The molecule has 0 aliphatic rings. The van der Waals surface area contributed by atoms with Crippen LogP contribution in [0.1, 0.15) is 13.3 Å². The summed E-state index contributed by atoms with van der Waals surface area (Å²) in [6, 6.07) is 0. The van der Waals surface area contributed by atoms with E-state index >= 15 is 0 Å². The van der Waals surface area contributed by atoms with Crippen molar-refractivity contribution >= 4 is 54.1 Å². The molecule has 0 saturated heterocycles. The van der Waals surface area contributed by atoms with Crippen molar-refractivity contribution in [2.45, 2.75) is 13.3 Å². The smallest absolute Gasteiger partial charge is 0.759 e. The van der Waals surface area contributed by atoms with E-state index in [0.29, 0.717) is 0 Å². The molecule has 0 atom stereocenters. The summed E-state index contributed by atoms with van der Waals surface area (Å²) >= 11 is 0. The van der Waals surface area contributed by atoms with Gasteiger partial charge in [0.25, 0.3) is 0 Å². The van der Waals surface area contributed by atoms with E-state index in [0.717, 1.165) is 0 Å². The van der Waals surface area contributed by atoms with E-state index in [4.69, 9.17) is 22.6 Å². The van der Waals surface area contributed by atoms with Crippen molar-refractivity contribution in [3.8, 4) is 0 Å². The van der Waals surface area contributed by atoms with Crippen LogP contribution in [-0.2, 0) is 15.2 Å². The molecule has 0 amide bonds. The van der Waals surface area contributed by atoms with Gasteiger partial charge in [0.05, 0.1) is 0 Å². The van der Waals surface area contributed by atoms with Crippen molar-refractivity contribution in [1.29, 1.82) is 0 Å². The molecule has 0 fully saturated rings. The Morgan fingerprint density at radius 1 is 1.45 bits per heavy atom. The minimum Gasteiger partial charge on any atom is -0.759 e. The van der Waals surface area contributed by atoms with Crippen LogP contribution in [0.2, 0.25) is 0 Å². The monoisotopic (exact) mass is 210 g/mol. The van der Waals surface area contributed by atoms with E-state index in [1.54, 1.807) is 6.92 Å². The summed E-state index contributed by atoms with van der Waals surface area (Å²) in [5.74, 6) is -0.745. The van der Waals surface area contributed by atoms with Gasteiger partial charge in [-0.3, -0.25) is 13.2 Å². The number of carboxylic acids is 1. The molecule has 0 saturated carbocycles. The molecular formula is C3H6CaO6S. The zero-order chi connectivity index (χ0) is 8.78. The van der Waals surface area contributed by atoms with Gasteiger partial charge in [-0.2, -0.15) is 0 Å². The molecule has 0 radical (unpaired) electrons. The summed E-state index contributed by atoms with van der Waals surface area (Å²) in [7, 11) is -5.17. The second kappa shape index (κ2) is 8.69. The SMILES string of the molecule is CCC(=O)O.O=S(=O)([O-])[O-].[Ca+2]. The summed E-state index contributed by atoms with van der Waals surface area (Å²) < 4.78 is 34.1. The van der Waals surface area contributed by atoms with Gasteiger partial charge >= 0.3 is 43.7 Å². The van der Waals surface area contributed by atoms with Crippen molar-refractivity contribution in [2.75, 3.05) is 0 Å². The van der Waals surface area contributed by atoms with Gasteiger partial charge < -0.3 is 14.2 Å². The standard InChI is InChI=1S/C3H6O2.Ca.H2O4S/c1-2-3(4)5;;1-5(2,3)4/h2H2,1H3,(H,4,5);;(H2,1,2,3,4)/q;+2;/p-2. The number of carboxylic acid groups (broad SMARTS) is 1. The van der Waals surface area contributed by atoms with Crippen molar-refractivity contribution in [2.24, 2.45) is 0 Å². The molecule has 0 aromatic carbocycles. The summed E-state index contributed by atoms with van der Waals surface area (Å²) in [5.41, 5.74) is 0. The third-order valence-corrected chi connectivity index (χ3v) is 0.302. The van der Waals surface area contributed by atoms with Crippen LogP contribution in [0.5, 0.6) is 0 Å². The molecule has 8 heteroatoms. The van der Waals surface area contributed by atoms with Crippen molar-refractivity contribution in [3.05, 3.63) is 0 Å². The fourth-order valence-electron chi connectivity index (χ4n) is 0. The summed E-state index contributed by atoms with van der Waals surface area (Å²) in [4.78, 5) is 9.37. The van der Waals surface area contributed by atoms with Gasteiger partial charge in [0.15, 0.2) is 0 Å².